The molecule has 1 aliphatic heterocycles. The Labute approximate surface area is 121 Å². The maximum Gasteiger partial charge on any atom is 0.227 e. The fourth-order valence-corrected chi connectivity index (χ4v) is 2.89. The van der Waals surface area contributed by atoms with Gasteiger partial charge in [-0.05, 0) is 30.9 Å². The highest BCUT2D eigenvalue weighted by Gasteiger charge is 2.24. The molecule has 1 aromatic rings. The molecule has 1 amide bonds. The molecule has 0 bridgehead atoms. The Hall–Kier alpha value is -1.51. The van der Waals surface area contributed by atoms with Crippen molar-refractivity contribution in [3.05, 3.63) is 23.8 Å². The number of anilines is 1. The van der Waals surface area contributed by atoms with E-state index in [-0.39, 0.29) is 11.7 Å². The van der Waals surface area contributed by atoms with Crippen LogP contribution in [-0.4, -0.2) is 17.6 Å². The molecule has 1 aliphatic rings. The highest BCUT2D eigenvalue weighted by molar-refractivity contribution is 5.96. The van der Waals surface area contributed by atoms with Gasteiger partial charge in [-0.1, -0.05) is 44.7 Å². The van der Waals surface area contributed by atoms with Crippen molar-refractivity contribution in [3.8, 4) is 5.75 Å². The Morgan fingerprint density at radius 1 is 1.25 bits per heavy atom. The van der Waals surface area contributed by atoms with Gasteiger partial charge in [0.1, 0.15) is 5.75 Å². The number of aromatic hydroxyl groups is 1. The van der Waals surface area contributed by atoms with Crippen LogP contribution in [0.1, 0.15) is 57.4 Å². The van der Waals surface area contributed by atoms with Crippen LogP contribution in [0.25, 0.3) is 0 Å². The first kappa shape index (κ1) is 14.9. The molecule has 3 heteroatoms. The fraction of sp³-hybridized carbons (Fsp3) is 0.588. The topological polar surface area (TPSA) is 40.5 Å². The summed E-state index contributed by atoms with van der Waals surface area (Å²) < 4.78 is 0. The number of hydrogen-bond donors (Lipinski definition) is 1. The number of phenols is 1. The molecule has 20 heavy (non-hydrogen) atoms. The predicted octanol–water partition coefficient (Wildman–Crippen LogP) is 4.03. The van der Waals surface area contributed by atoms with Crippen LogP contribution in [0.3, 0.4) is 0 Å². The summed E-state index contributed by atoms with van der Waals surface area (Å²) in [5.74, 6) is 0.394. The van der Waals surface area contributed by atoms with E-state index in [0.717, 1.165) is 43.5 Å². The van der Waals surface area contributed by atoms with Gasteiger partial charge in [-0.2, -0.15) is 0 Å². The van der Waals surface area contributed by atoms with E-state index in [1.165, 1.54) is 19.3 Å². The summed E-state index contributed by atoms with van der Waals surface area (Å²) in [5.41, 5.74) is 1.84. The van der Waals surface area contributed by atoms with Crippen LogP contribution < -0.4 is 4.90 Å². The van der Waals surface area contributed by atoms with Crippen molar-refractivity contribution in [1.29, 1.82) is 0 Å². The summed E-state index contributed by atoms with van der Waals surface area (Å²) in [6, 6.07) is 5.54. The zero-order valence-electron chi connectivity index (χ0n) is 12.4. The Kier molecular flexibility index (Phi) is 5.45. The van der Waals surface area contributed by atoms with Gasteiger partial charge in [-0.3, -0.25) is 4.79 Å². The second-order valence-corrected chi connectivity index (χ2v) is 5.60. The monoisotopic (exact) mass is 275 g/mol. The third-order valence-electron chi connectivity index (χ3n) is 3.99. The molecule has 3 nitrogen and oxygen atoms in total. The van der Waals surface area contributed by atoms with Crippen LogP contribution >= 0.6 is 0 Å². The molecule has 0 fully saturated rings. The van der Waals surface area contributed by atoms with Gasteiger partial charge < -0.3 is 10.0 Å². The summed E-state index contributed by atoms with van der Waals surface area (Å²) >= 11 is 0. The van der Waals surface area contributed by atoms with Crippen molar-refractivity contribution in [2.45, 2.75) is 58.3 Å². The number of carbonyl (C=O) groups excluding carboxylic acids is 1. The smallest absolute Gasteiger partial charge is 0.227 e. The minimum absolute atomic E-state index is 0.156. The maximum absolute atomic E-state index is 12.4. The minimum Gasteiger partial charge on any atom is -0.506 e. The quantitative estimate of drug-likeness (QED) is 0.796. The summed E-state index contributed by atoms with van der Waals surface area (Å²) in [6.45, 7) is 2.93. The summed E-state index contributed by atoms with van der Waals surface area (Å²) in [5, 5.41) is 10.0. The van der Waals surface area contributed by atoms with Crippen molar-refractivity contribution in [2.75, 3.05) is 11.4 Å². The Morgan fingerprint density at radius 3 is 2.85 bits per heavy atom. The van der Waals surface area contributed by atoms with Gasteiger partial charge in [0, 0.05) is 13.0 Å². The van der Waals surface area contributed by atoms with E-state index in [9.17, 15) is 9.90 Å². The van der Waals surface area contributed by atoms with Gasteiger partial charge in [0.25, 0.3) is 0 Å². The first-order valence-corrected chi connectivity index (χ1v) is 7.85. The van der Waals surface area contributed by atoms with Crippen LogP contribution in [0.15, 0.2) is 18.2 Å². The van der Waals surface area contributed by atoms with Gasteiger partial charge >= 0.3 is 0 Å². The number of fused-ring (bicyclic) bond motifs is 1. The second kappa shape index (κ2) is 7.32. The predicted molar refractivity (Wildman–Crippen MR) is 82.2 cm³/mol. The van der Waals surface area contributed by atoms with Crippen molar-refractivity contribution >= 4 is 11.6 Å². The molecule has 0 atom stereocenters. The molecule has 0 aromatic heterocycles. The SMILES string of the molecule is CCCCCCCC(=O)N1CCCc2cccc(O)c21. The summed E-state index contributed by atoms with van der Waals surface area (Å²) in [4.78, 5) is 14.1. The van der Waals surface area contributed by atoms with E-state index >= 15 is 0 Å². The Balaban J connectivity index is 1.95. The first-order chi connectivity index (χ1) is 9.74. The molecular formula is C17H25NO2. The average molecular weight is 275 g/mol. The van der Waals surface area contributed by atoms with Crippen molar-refractivity contribution < 1.29 is 9.90 Å². The number of carbonyl (C=O) groups is 1. The lowest BCUT2D eigenvalue weighted by atomic mass is 10.00. The Bertz CT molecular complexity index is 456. The van der Waals surface area contributed by atoms with E-state index in [2.05, 4.69) is 6.92 Å². The molecule has 0 aliphatic carbocycles. The van der Waals surface area contributed by atoms with E-state index in [1.54, 1.807) is 11.0 Å². The average Bonchev–Trinajstić information content (AvgIpc) is 2.46. The molecule has 0 unspecified atom stereocenters. The van der Waals surface area contributed by atoms with Crippen LogP contribution in [0.4, 0.5) is 5.69 Å². The van der Waals surface area contributed by atoms with Gasteiger partial charge in [-0.25, -0.2) is 0 Å². The number of amides is 1. The standard InChI is InChI=1S/C17H25NO2/c1-2-3-4-5-6-12-16(20)18-13-8-10-14-9-7-11-15(19)17(14)18/h7,9,11,19H,2-6,8,10,12-13H2,1H3. The minimum atomic E-state index is 0.156. The van der Waals surface area contributed by atoms with E-state index in [4.69, 9.17) is 0 Å². The molecule has 110 valence electrons. The van der Waals surface area contributed by atoms with Crippen LogP contribution in [0.5, 0.6) is 5.75 Å². The molecule has 0 radical (unpaired) electrons. The van der Waals surface area contributed by atoms with Crippen LogP contribution in [0.2, 0.25) is 0 Å². The van der Waals surface area contributed by atoms with Crippen LogP contribution in [0, 0.1) is 0 Å². The molecule has 1 heterocycles. The number of para-hydroxylation sites is 1. The molecule has 1 aromatic carbocycles. The van der Waals surface area contributed by atoms with Crippen LogP contribution in [-0.2, 0) is 11.2 Å². The maximum atomic E-state index is 12.4. The van der Waals surface area contributed by atoms with Crippen molar-refractivity contribution in [3.63, 3.8) is 0 Å². The molecular weight excluding hydrogens is 250 g/mol. The van der Waals surface area contributed by atoms with Gasteiger partial charge in [-0.15, -0.1) is 0 Å². The number of benzene rings is 1. The zero-order chi connectivity index (χ0) is 14.4. The number of hydrogen-bond acceptors (Lipinski definition) is 2. The normalized spacial score (nSPS) is 14.2. The zero-order valence-corrected chi connectivity index (χ0v) is 12.4. The first-order valence-electron chi connectivity index (χ1n) is 7.85. The molecule has 2 rings (SSSR count). The third-order valence-corrected chi connectivity index (χ3v) is 3.99. The molecule has 0 saturated heterocycles. The Morgan fingerprint density at radius 2 is 2.05 bits per heavy atom. The lowest BCUT2D eigenvalue weighted by molar-refractivity contribution is -0.118. The number of unbranched alkanes of at least 4 members (excludes halogenated alkanes) is 4. The number of rotatable bonds is 6. The number of phenolic OH excluding ortho intramolecular Hbond substituents is 1. The third kappa shape index (κ3) is 3.53. The highest BCUT2D eigenvalue weighted by Crippen LogP contribution is 2.35. The van der Waals surface area contributed by atoms with Gasteiger partial charge in [0.05, 0.1) is 5.69 Å². The molecule has 0 spiro atoms. The fourth-order valence-electron chi connectivity index (χ4n) is 2.89. The largest absolute Gasteiger partial charge is 0.506 e. The lowest BCUT2D eigenvalue weighted by Crippen LogP contribution is -2.35. The van der Waals surface area contributed by atoms with Gasteiger partial charge in [0.2, 0.25) is 5.91 Å². The second-order valence-electron chi connectivity index (χ2n) is 5.60. The molecule has 1 N–H and O–H groups in total. The number of aryl methyl sites for hydroxylation is 1. The highest BCUT2D eigenvalue weighted by atomic mass is 16.3. The lowest BCUT2D eigenvalue weighted by Gasteiger charge is -2.30. The van der Waals surface area contributed by atoms with E-state index in [0.29, 0.717) is 6.42 Å². The van der Waals surface area contributed by atoms with E-state index < -0.39 is 0 Å². The van der Waals surface area contributed by atoms with Crippen molar-refractivity contribution in [1.82, 2.24) is 0 Å². The van der Waals surface area contributed by atoms with E-state index in [1.807, 2.05) is 12.1 Å². The molecule has 0 saturated carbocycles. The summed E-state index contributed by atoms with van der Waals surface area (Å²) in [7, 11) is 0. The van der Waals surface area contributed by atoms with Gasteiger partial charge in [0.15, 0.2) is 0 Å². The summed E-state index contributed by atoms with van der Waals surface area (Å²) in [6.07, 6.45) is 8.30. The van der Waals surface area contributed by atoms with Crippen molar-refractivity contribution in [2.24, 2.45) is 0 Å². The number of nitrogens with zero attached hydrogens (tertiary/aromatic N) is 1.